The summed E-state index contributed by atoms with van der Waals surface area (Å²) in [5.41, 5.74) is 3.19. The molecule has 0 radical (unpaired) electrons. The van der Waals surface area contributed by atoms with Gasteiger partial charge in [0.1, 0.15) is 22.5 Å². The predicted octanol–water partition coefficient (Wildman–Crippen LogP) is 5.46. The Balaban J connectivity index is 0.000000434. The van der Waals surface area contributed by atoms with E-state index >= 15 is 0 Å². The molecule has 0 aliphatic carbocycles. The number of rotatable bonds is 11. The van der Waals surface area contributed by atoms with Crippen LogP contribution >= 0.6 is 23.2 Å². The number of sulfonamides is 2. The number of aromatic hydroxyl groups is 2. The molecule has 4 aromatic carbocycles. The molecule has 2 heterocycles. The predicted molar refractivity (Wildman–Crippen MR) is 247 cm³/mol. The summed E-state index contributed by atoms with van der Waals surface area (Å²) >= 11 is 11.7. The summed E-state index contributed by atoms with van der Waals surface area (Å²) in [7, 11) is -8.09. The molecule has 0 fully saturated rings. The number of benzene rings is 4. The summed E-state index contributed by atoms with van der Waals surface area (Å²) in [5.74, 6) is -1.54. The number of halogens is 2. The fourth-order valence-corrected chi connectivity index (χ4v) is 8.19. The number of phenols is 2. The fourth-order valence-electron chi connectivity index (χ4n) is 6.21. The Morgan fingerprint density at radius 2 is 1.01 bits per heavy atom. The SMILES string of the molecule is Cc1ccc(S(N)(=O)=O)c(C)c1-n1nc(C)[c-](N=Nc2cc(Cl)cc([N+](=O)[O-])c2O)c1=O.Cc1ccc(S(N)(=O)=O)c(C)c1-n1nc(C)[c-](N=Nc2cc(Cl)cc([N+](=O)[O-])c2O)c1=O.NCCO.[Cr].[H+]. The van der Waals surface area contributed by atoms with Gasteiger partial charge in [-0.25, -0.2) is 46.7 Å². The minimum absolute atomic E-state index is 0. The van der Waals surface area contributed by atoms with Gasteiger partial charge in [-0.3, -0.25) is 20.2 Å². The molecule has 9 N–H and O–H groups in total. The van der Waals surface area contributed by atoms with Gasteiger partial charge in [0.15, 0.2) is 0 Å². The number of aryl methyl sites for hydroxylation is 4. The van der Waals surface area contributed by atoms with Crippen molar-refractivity contribution in [2.75, 3.05) is 13.2 Å². The third-order valence-corrected chi connectivity index (χ3v) is 11.8. The first kappa shape index (κ1) is 56.7. The van der Waals surface area contributed by atoms with E-state index in [1.54, 1.807) is 13.8 Å². The number of hydrogen-bond acceptors (Lipinski definition) is 20. The van der Waals surface area contributed by atoms with Crippen molar-refractivity contribution in [3.63, 3.8) is 0 Å². The Kier molecular flexibility index (Phi) is 18.6. The normalized spacial score (nSPS) is 11.5. The summed E-state index contributed by atoms with van der Waals surface area (Å²) in [6, 6.07) is 9.82. The van der Waals surface area contributed by atoms with Crippen molar-refractivity contribution in [3.05, 3.63) is 133 Å². The summed E-state index contributed by atoms with van der Waals surface area (Å²) in [6.07, 6.45) is 0. The molecule has 6 aromatic rings. The van der Waals surface area contributed by atoms with E-state index in [0.29, 0.717) is 17.7 Å². The van der Waals surface area contributed by atoms with E-state index in [2.05, 4.69) is 30.7 Å². The van der Waals surface area contributed by atoms with Crippen LogP contribution in [0.2, 0.25) is 10.0 Å². The summed E-state index contributed by atoms with van der Waals surface area (Å²) in [6.45, 7) is 9.72. The van der Waals surface area contributed by atoms with Crippen LogP contribution < -0.4 is 27.1 Å². The van der Waals surface area contributed by atoms with Gasteiger partial charge in [0.2, 0.25) is 31.5 Å². The van der Waals surface area contributed by atoms with Crippen LogP contribution in [0.3, 0.4) is 0 Å². The summed E-state index contributed by atoms with van der Waals surface area (Å²) in [4.78, 5) is 46.0. The van der Waals surface area contributed by atoms with E-state index in [-0.39, 0.29) is 102 Å². The molecule has 0 bridgehead atoms. The minimum Gasteiger partial charge on any atom is -0.501 e. The van der Waals surface area contributed by atoms with Crippen LogP contribution in [0.4, 0.5) is 34.1 Å². The second-order valence-electron chi connectivity index (χ2n) is 14.1. The van der Waals surface area contributed by atoms with Crippen molar-refractivity contribution >= 4 is 77.4 Å². The van der Waals surface area contributed by atoms with Crippen LogP contribution in [0, 0.1) is 61.8 Å². The average molecular weight is 1070 g/mol. The molecule has 69 heavy (non-hydrogen) atoms. The van der Waals surface area contributed by atoms with E-state index in [4.69, 9.17) is 44.3 Å². The van der Waals surface area contributed by atoms with Gasteiger partial charge in [-0.1, -0.05) is 60.6 Å². The first-order chi connectivity index (χ1) is 31.6. The van der Waals surface area contributed by atoms with Gasteiger partial charge in [0.05, 0.1) is 37.6 Å². The Bertz CT molecular complexity index is 3190. The van der Waals surface area contributed by atoms with Crippen LogP contribution in [-0.2, 0) is 37.4 Å². The van der Waals surface area contributed by atoms with Crippen LogP contribution in [0.5, 0.6) is 11.5 Å². The first-order valence-corrected chi connectivity index (χ1v) is 22.7. The maximum Gasteiger partial charge on any atom is 1.00 e. The standard InChI is InChI=1S/2C18H16ClN6O6S.C2H7NO.Cr/c2*1-8-4-5-14(32(20,30)31)9(2)16(8)24-18(27)15(10(3)23-24)22-21-12-6-11(19)7-13(17(12)26)25(28)29;3-1-2-4;/h2*4-7,26H,1-3H3,(H2,20,30,31);4H,1-3H2;/q2*-1;;/p+1. The average Bonchev–Trinajstić information content (AvgIpc) is 3.67. The monoisotopic (exact) mass is 1070 g/mol. The van der Waals surface area contributed by atoms with Gasteiger partial charge in [-0.05, 0) is 74.2 Å². The fraction of sp³-hybridized carbons (Fsp3) is 0.211. The quantitative estimate of drug-likeness (QED) is 0.0406. The van der Waals surface area contributed by atoms with Gasteiger partial charge in [-0.2, -0.15) is 10.2 Å². The number of nitrogens with zero attached hydrogens (tertiary/aromatic N) is 10. The van der Waals surface area contributed by atoms with Crippen LogP contribution in [0.15, 0.2) is 88.4 Å². The molecule has 2 aromatic heterocycles. The zero-order valence-electron chi connectivity index (χ0n) is 37.6. The number of nitro groups is 2. The molecule has 0 saturated carbocycles. The van der Waals surface area contributed by atoms with E-state index in [1.165, 1.54) is 52.0 Å². The largest absolute Gasteiger partial charge is 1.00 e. The van der Waals surface area contributed by atoms with Gasteiger partial charge in [0.25, 0.3) is 0 Å². The Labute approximate surface area is 412 Å². The summed E-state index contributed by atoms with van der Waals surface area (Å²) in [5, 5.41) is 83.6. The number of aliphatic hydroxyl groups is 1. The second kappa shape index (κ2) is 22.6. The van der Waals surface area contributed by atoms with Gasteiger partial charge < -0.3 is 40.9 Å². The van der Waals surface area contributed by atoms with Gasteiger partial charge >= 0.3 is 12.8 Å². The number of hydrogen-bond donors (Lipinski definition) is 6. The molecule has 31 heteroatoms. The molecule has 26 nitrogen and oxygen atoms in total. The summed E-state index contributed by atoms with van der Waals surface area (Å²) < 4.78 is 49.4. The molecule has 0 aliphatic rings. The molecule has 6 rings (SSSR count). The number of nitro benzene ring substituents is 2. The maximum absolute atomic E-state index is 13.0. The van der Waals surface area contributed by atoms with Crippen LogP contribution in [0.25, 0.3) is 11.4 Å². The van der Waals surface area contributed by atoms with Crippen LogP contribution in [-0.4, -0.2) is 74.7 Å². The molecule has 0 atom stereocenters. The van der Waals surface area contributed by atoms with E-state index < -0.39 is 63.9 Å². The Morgan fingerprint density at radius 1 is 0.696 bits per heavy atom. The van der Waals surface area contributed by atoms with Gasteiger partial charge in [-0.15, -0.1) is 11.4 Å². The second-order valence-corrected chi connectivity index (χ2v) is 18.0. The van der Waals surface area contributed by atoms with Crippen molar-refractivity contribution in [3.8, 4) is 22.9 Å². The maximum atomic E-state index is 13.0. The smallest absolute Gasteiger partial charge is 0.501 e. The van der Waals surface area contributed by atoms with Crippen molar-refractivity contribution in [1.82, 2.24) is 19.6 Å². The minimum atomic E-state index is -4.04. The van der Waals surface area contributed by atoms with Crippen molar-refractivity contribution in [1.29, 1.82) is 0 Å². The van der Waals surface area contributed by atoms with Crippen LogP contribution in [0.1, 0.15) is 35.1 Å². The van der Waals surface area contributed by atoms with E-state index in [1.807, 2.05) is 0 Å². The zero-order valence-corrected chi connectivity index (χ0v) is 41.1. The molecule has 0 saturated heterocycles. The number of nitrogens with two attached hydrogens (primary N) is 3. The molecule has 0 aliphatic heterocycles. The van der Waals surface area contributed by atoms with Crippen molar-refractivity contribution in [2.24, 2.45) is 36.5 Å². The third kappa shape index (κ3) is 12.7. The van der Waals surface area contributed by atoms with E-state index in [0.717, 1.165) is 33.6 Å². The molecule has 0 spiro atoms. The van der Waals surface area contributed by atoms with E-state index in [9.17, 15) is 56.9 Å². The topological polar surface area (TPSA) is 413 Å². The third-order valence-electron chi connectivity index (χ3n) is 9.28. The number of azo groups is 2. The number of aliphatic hydroxyl groups excluding tert-OH is 1. The van der Waals surface area contributed by atoms with Crippen molar-refractivity contribution in [2.45, 2.75) is 51.3 Å². The van der Waals surface area contributed by atoms with Crippen molar-refractivity contribution < 1.29 is 60.8 Å². The Morgan fingerprint density at radius 3 is 1.29 bits per heavy atom. The number of primary sulfonamides is 2. The zero-order chi connectivity index (χ0) is 51.3. The van der Waals surface area contributed by atoms with Gasteiger partial charge in [0, 0.05) is 46.1 Å². The Hall–Kier alpha value is -6.65. The number of phenolic OH excluding ortho intramolecular Hbond substituents is 2. The molecule has 0 unspecified atom stereocenters. The molecule has 368 valence electrons. The number of aromatic nitrogens is 4. The molecular weight excluding hydrogens is 1030 g/mol. The molecule has 0 amide bonds. The first-order valence-electron chi connectivity index (χ1n) is 18.8. The molecular formula is C38H40Cl2CrN13O13S2-.